The number of nitrogens with zero attached hydrogens (tertiary/aromatic N) is 5. The number of hydrazine groups is 1. The zero-order valence-electron chi connectivity index (χ0n) is 19.4. The minimum Gasteiger partial charge on any atom is -0.392 e. The van der Waals surface area contributed by atoms with Crippen LogP contribution in [0.3, 0.4) is 0 Å². The van der Waals surface area contributed by atoms with E-state index in [1.165, 1.54) is 17.4 Å². The first-order valence-electron chi connectivity index (χ1n) is 11.5. The predicted octanol–water partition coefficient (Wildman–Crippen LogP) is 1.20. The number of aliphatic hydroxyl groups excluding tert-OH is 1. The van der Waals surface area contributed by atoms with Crippen LogP contribution in [0.2, 0.25) is 0 Å². The topological polar surface area (TPSA) is 173 Å². The molecule has 0 saturated carbocycles. The number of nitrogens with two attached hydrogens (primary N) is 2. The molecule has 12 nitrogen and oxygen atoms in total. The Hall–Kier alpha value is -3.58. The molecule has 0 amide bonds. The van der Waals surface area contributed by atoms with Gasteiger partial charge in [0.1, 0.15) is 0 Å². The molecule has 1 atom stereocenters. The van der Waals surface area contributed by atoms with E-state index in [0.717, 1.165) is 42.5 Å². The Balaban J connectivity index is 1.40. The molecule has 0 bridgehead atoms. The lowest BCUT2D eigenvalue weighted by molar-refractivity contribution is -0.161. The van der Waals surface area contributed by atoms with Crippen molar-refractivity contribution in [3.05, 3.63) is 53.7 Å². The van der Waals surface area contributed by atoms with Crippen LogP contribution in [0, 0.1) is 5.41 Å². The summed E-state index contributed by atoms with van der Waals surface area (Å²) in [6.07, 6.45) is 10.8. The number of aliphatic hydroxyl groups is 1. The van der Waals surface area contributed by atoms with Crippen molar-refractivity contribution in [2.75, 3.05) is 30.5 Å². The molecular formula is C23H31N9O3. The molecule has 186 valence electrons. The van der Waals surface area contributed by atoms with Gasteiger partial charge < -0.3 is 31.0 Å². The monoisotopic (exact) mass is 481 g/mol. The summed E-state index contributed by atoms with van der Waals surface area (Å²) in [6.45, 7) is 1.99. The van der Waals surface area contributed by atoms with Gasteiger partial charge >= 0.3 is 0 Å². The third-order valence-corrected chi connectivity index (χ3v) is 5.64. The Kier molecular flexibility index (Phi) is 8.21. The van der Waals surface area contributed by atoms with Gasteiger partial charge in [-0.1, -0.05) is 0 Å². The van der Waals surface area contributed by atoms with E-state index in [0.29, 0.717) is 36.8 Å². The lowest BCUT2D eigenvalue weighted by Crippen LogP contribution is -2.32. The number of ether oxygens (including phenoxy) is 2. The van der Waals surface area contributed by atoms with Gasteiger partial charge in [0, 0.05) is 42.9 Å². The van der Waals surface area contributed by atoms with Crippen molar-refractivity contribution in [2.24, 2.45) is 5.84 Å². The Bertz CT molecular complexity index is 1170. The number of aromatic nitrogens is 4. The number of hydrogen-bond donors (Lipinski definition) is 5. The number of hydrogen-bond acceptors (Lipinski definition) is 11. The number of fused-ring (bicyclic) bond motifs is 1. The highest BCUT2D eigenvalue weighted by Crippen LogP contribution is 2.21. The molecule has 0 spiro atoms. The van der Waals surface area contributed by atoms with Gasteiger partial charge in [0.05, 0.1) is 43.4 Å². The Morgan fingerprint density at radius 2 is 2.29 bits per heavy atom. The van der Waals surface area contributed by atoms with Crippen molar-refractivity contribution in [1.82, 2.24) is 24.9 Å². The minimum atomic E-state index is -0.136. The summed E-state index contributed by atoms with van der Waals surface area (Å²) in [5.74, 6) is 6.77. The smallest absolute Gasteiger partial charge is 0.186 e. The molecule has 4 heterocycles. The number of nitrogens with one attached hydrogen (secondary N) is 2. The summed E-state index contributed by atoms with van der Waals surface area (Å²) >= 11 is 0. The SMILES string of the molecule is N=C/C(=C\NCCOC1CCCCO1)c1cnc(N)c(N(N)Cc2ccn3ncc(CO)c3c2)n1. The molecule has 7 N–H and O–H groups in total. The number of pyridine rings is 1. The second kappa shape index (κ2) is 11.7. The van der Waals surface area contributed by atoms with E-state index in [-0.39, 0.29) is 18.7 Å². The zero-order valence-corrected chi connectivity index (χ0v) is 19.4. The fraction of sp³-hybridized carbons (Fsp3) is 0.391. The minimum absolute atomic E-state index is 0.104. The van der Waals surface area contributed by atoms with Crippen LogP contribution in [0.1, 0.15) is 36.1 Å². The van der Waals surface area contributed by atoms with Gasteiger partial charge in [-0.25, -0.2) is 20.3 Å². The average Bonchev–Trinajstić information content (AvgIpc) is 3.29. The van der Waals surface area contributed by atoms with Crippen LogP contribution in [-0.2, 0) is 22.6 Å². The summed E-state index contributed by atoms with van der Waals surface area (Å²) in [5, 5.41) is 26.0. The average molecular weight is 482 g/mol. The van der Waals surface area contributed by atoms with E-state index in [4.69, 9.17) is 26.5 Å². The van der Waals surface area contributed by atoms with Gasteiger partial charge in [-0.05, 0) is 37.0 Å². The van der Waals surface area contributed by atoms with Crippen LogP contribution in [0.25, 0.3) is 11.1 Å². The van der Waals surface area contributed by atoms with Gasteiger partial charge in [0.2, 0.25) is 0 Å². The predicted molar refractivity (Wildman–Crippen MR) is 132 cm³/mol. The van der Waals surface area contributed by atoms with Crippen molar-refractivity contribution < 1.29 is 14.6 Å². The van der Waals surface area contributed by atoms with E-state index in [9.17, 15) is 5.11 Å². The molecule has 1 unspecified atom stereocenters. The quantitative estimate of drug-likeness (QED) is 0.116. The van der Waals surface area contributed by atoms with Gasteiger partial charge in [0.15, 0.2) is 17.9 Å². The number of nitrogen functional groups attached to an aromatic ring is 1. The van der Waals surface area contributed by atoms with Crippen LogP contribution in [0.15, 0.2) is 36.9 Å². The molecule has 0 radical (unpaired) electrons. The zero-order chi connectivity index (χ0) is 24.6. The summed E-state index contributed by atoms with van der Waals surface area (Å²) in [7, 11) is 0. The van der Waals surface area contributed by atoms with E-state index >= 15 is 0 Å². The van der Waals surface area contributed by atoms with Crippen molar-refractivity contribution in [3.8, 4) is 0 Å². The molecule has 1 fully saturated rings. The summed E-state index contributed by atoms with van der Waals surface area (Å²) < 4.78 is 12.9. The highest BCUT2D eigenvalue weighted by atomic mass is 16.7. The molecule has 3 aromatic heterocycles. The molecular weight excluding hydrogens is 450 g/mol. The molecule has 3 aromatic rings. The van der Waals surface area contributed by atoms with E-state index in [1.54, 1.807) is 23.1 Å². The highest BCUT2D eigenvalue weighted by molar-refractivity contribution is 6.07. The van der Waals surface area contributed by atoms with Crippen LogP contribution in [-0.4, -0.2) is 57.0 Å². The molecule has 4 rings (SSSR count). The fourth-order valence-corrected chi connectivity index (χ4v) is 3.77. The van der Waals surface area contributed by atoms with Crippen molar-refractivity contribution in [3.63, 3.8) is 0 Å². The normalized spacial score (nSPS) is 16.4. The van der Waals surface area contributed by atoms with Crippen molar-refractivity contribution in [1.29, 1.82) is 5.41 Å². The summed E-state index contributed by atoms with van der Waals surface area (Å²) in [5.41, 5.74) is 9.43. The van der Waals surface area contributed by atoms with Crippen molar-refractivity contribution in [2.45, 2.75) is 38.7 Å². The van der Waals surface area contributed by atoms with E-state index in [1.807, 2.05) is 12.1 Å². The van der Waals surface area contributed by atoms with Gasteiger partial charge in [-0.3, -0.25) is 5.01 Å². The first-order chi connectivity index (χ1) is 17.1. The van der Waals surface area contributed by atoms with Gasteiger partial charge in [-0.15, -0.1) is 0 Å². The van der Waals surface area contributed by atoms with E-state index < -0.39 is 0 Å². The van der Waals surface area contributed by atoms with Crippen LogP contribution >= 0.6 is 0 Å². The summed E-state index contributed by atoms with van der Waals surface area (Å²) in [6, 6.07) is 3.78. The molecule has 12 heteroatoms. The second-order valence-electron chi connectivity index (χ2n) is 8.15. The standard InChI is InChI=1S/C23H31N9O3/c24-10-17(11-27-5-8-35-21-3-1-2-7-34-21)19-13-28-22(25)23(30-19)31(26)14-16-4-6-32-20(9-16)18(15-33)12-29-32/h4,6,9-13,21,24,27,33H,1-3,5,7-8,14-15,26H2,(H2,25,28)/b17-11+,24-10?. The highest BCUT2D eigenvalue weighted by Gasteiger charge is 2.15. The van der Waals surface area contributed by atoms with Gasteiger partial charge in [0.25, 0.3) is 0 Å². The fourth-order valence-electron chi connectivity index (χ4n) is 3.77. The molecule has 1 aliphatic heterocycles. The molecule has 1 aliphatic rings. The molecule has 0 aliphatic carbocycles. The van der Waals surface area contributed by atoms with Gasteiger partial charge in [-0.2, -0.15) is 5.10 Å². The van der Waals surface area contributed by atoms with Crippen molar-refractivity contribution >= 4 is 28.9 Å². The third-order valence-electron chi connectivity index (χ3n) is 5.64. The van der Waals surface area contributed by atoms with Crippen LogP contribution in [0.5, 0.6) is 0 Å². The first-order valence-corrected chi connectivity index (χ1v) is 11.5. The lowest BCUT2D eigenvalue weighted by atomic mass is 10.2. The van der Waals surface area contributed by atoms with Crippen LogP contribution < -0.4 is 21.9 Å². The Morgan fingerprint density at radius 3 is 3.06 bits per heavy atom. The number of anilines is 2. The maximum atomic E-state index is 9.50. The lowest BCUT2D eigenvalue weighted by Gasteiger charge is -2.22. The number of rotatable bonds is 11. The Labute approximate surface area is 203 Å². The molecule has 35 heavy (non-hydrogen) atoms. The first kappa shape index (κ1) is 24.5. The molecule has 1 saturated heterocycles. The largest absolute Gasteiger partial charge is 0.392 e. The van der Waals surface area contributed by atoms with Crippen LogP contribution in [0.4, 0.5) is 11.6 Å². The third kappa shape index (κ3) is 6.11. The Morgan fingerprint density at radius 1 is 1.40 bits per heavy atom. The van der Waals surface area contributed by atoms with E-state index in [2.05, 4.69) is 20.4 Å². The maximum absolute atomic E-state index is 9.50. The summed E-state index contributed by atoms with van der Waals surface area (Å²) in [4.78, 5) is 8.76. The number of allylic oxidation sites excluding steroid dienone is 1. The second-order valence-corrected chi connectivity index (χ2v) is 8.15. The molecule has 0 aromatic carbocycles. The maximum Gasteiger partial charge on any atom is 0.186 e.